The first-order valence-corrected chi connectivity index (χ1v) is 9.16. The van der Waals surface area contributed by atoms with Gasteiger partial charge in [0.2, 0.25) is 0 Å². The van der Waals surface area contributed by atoms with Crippen molar-refractivity contribution < 1.29 is 9.90 Å². The molecule has 4 nitrogen and oxygen atoms in total. The van der Waals surface area contributed by atoms with Crippen LogP contribution in [0.1, 0.15) is 42.5 Å². The molecule has 0 spiro atoms. The summed E-state index contributed by atoms with van der Waals surface area (Å²) in [6.07, 6.45) is 3.75. The molecular formula is C23H24N2O2. The lowest BCUT2D eigenvalue weighted by Gasteiger charge is -2.13. The van der Waals surface area contributed by atoms with E-state index in [2.05, 4.69) is 47.7 Å². The third-order valence-corrected chi connectivity index (χ3v) is 5.15. The minimum atomic E-state index is -0.473. The number of carbonyl (C=O) groups is 1. The van der Waals surface area contributed by atoms with Gasteiger partial charge in [0, 0.05) is 12.1 Å². The van der Waals surface area contributed by atoms with Gasteiger partial charge in [0.15, 0.2) is 0 Å². The fraction of sp³-hybridized carbons (Fsp3) is 0.348. The van der Waals surface area contributed by atoms with E-state index in [1.807, 2.05) is 19.9 Å². The molecule has 138 valence electrons. The van der Waals surface area contributed by atoms with Gasteiger partial charge in [-0.1, -0.05) is 43.3 Å². The highest BCUT2D eigenvalue weighted by molar-refractivity contribution is 5.90. The van der Waals surface area contributed by atoms with Crippen LogP contribution in [-0.4, -0.2) is 28.3 Å². The third kappa shape index (κ3) is 4.15. The molecule has 1 aliphatic carbocycles. The zero-order chi connectivity index (χ0) is 19.6. The lowest BCUT2D eigenvalue weighted by Crippen LogP contribution is -2.12. The molecular weight excluding hydrogens is 336 g/mol. The van der Waals surface area contributed by atoms with Crippen LogP contribution >= 0.6 is 0 Å². The summed E-state index contributed by atoms with van der Waals surface area (Å²) < 4.78 is 0. The van der Waals surface area contributed by atoms with Gasteiger partial charge < -0.3 is 5.11 Å². The van der Waals surface area contributed by atoms with Crippen molar-refractivity contribution in [3.8, 4) is 11.1 Å². The normalized spacial score (nSPS) is 20.7. The van der Waals surface area contributed by atoms with Crippen LogP contribution in [0, 0.1) is 31.9 Å². The number of rotatable bonds is 4. The average Bonchev–Trinajstić information content (AvgIpc) is 2.98. The number of benzene rings is 1. The minimum absolute atomic E-state index is 0.00753. The Morgan fingerprint density at radius 2 is 2.22 bits per heavy atom. The second kappa shape index (κ2) is 7.85. The van der Waals surface area contributed by atoms with Crippen molar-refractivity contribution in [3.63, 3.8) is 0 Å². The SMILES string of the molecule is C=C1C[C@H](O)CC1C(=O)/N=C/[C@@H](C)c1ccc(-c2c#ccnc2C)cc1C. The van der Waals surface area contributed by atoms with E-state index in [4.69, 9.17) is 0 Å². The van der Waals surface area contributed by atoms with E-state index < -0.39 is 6.10 Å². The number of aliphatic hydroxyl groups is 1. The molecule has 0 aliphatic heterocycles. The minimum Gasteiger partial charge on any atom is -0.393 e. The topological polar surface area (TPSA) is 62.5 Å². The number of aliphatic hydroxyl groups excluding tert-OH is 1. The summed E-state index contributed by atoms with van der Waals surface area (Å²) in [6, 6.07) is 12.2. The molecule has 1 aromatic heterocycles. The molecule has 2 aromatic rings. The van der Waals surface area contributed by atoms with E-state index in [9.17, 15) is 9.90 Å². The number of nitrogens with zero attached hydrogens (tertiary/aromatic N) is 2. The van der Waals surface area contributed by atoms with Crippen LogP contribution in [0.3, 0.4) is 0 Å². The molecule has 27 heavy (non-hydrogen) atoms. The summed E-state index contributed by atoms with van der Waals surface area (Å²) >= 11 is 0. The smallest absolute Gasteiger partial charge is 0.252 e. The first-order valence-electron chi connectivity index (χ1n) is 9.16. The molecule has 1 aromatic carbocycles. The van der Waals surface area contributed by atoms with Gasteiger partial charge in [0.05, 0.1) is 29.5 Å². The molecule has 1 N–H and O–H groups in total. The van der Waals surface area contributed by atoms with E-state index in [1.54, 1.807) is 12.4 Å². The molecule has 0 radical (unpaired) electrons. The number of carbonyl (C=O) groups excluding carboxylic acids is 1. The Kier molecular flexibility index (Phi) is 5.53. The van der Waals surface area contributed by atoms with Gasteiger partial charge in [0.1, 0.15) is 0 Å². The van der Waals surface area contributed by atoms with Crippen molar-refractivity contribution in [2.45, 2.75) is 45.6 Å². The van der Waals surface area contributed by atoms with E-state index in [1.165, 1.54) is 0 Å². The summed E-state index contributed by atoms with van der Waals surface area (Å²) in [7, 11) is 0. The molecule has 1 amide bonds. The van der Waals surface area contributed by atoms with Crippen molar-refractivity contribution in [3.05, 3.63) is 65.5 Å². The maximum absolute atomic E-state index is 12.3. The molecule has 0 bridgehead atoms. The molecule has 4 heteroatoms. The van der Waals surface area contributed by atoms with Crippen LogP contribution in [0.2, 0.25) is 0 Å². The number of aromatic nitrogens is 1. The van der Waals surface area contributed by atoms with Gasteiger partial charge in [0.25, 0.3) is 5.91 Å². The molecule has 0 saturated heterocycles. The zero-order valence-electron chi connectivity index (χ0n) is 16.0. The van der Waals surface area contributed by atoms with Crippen molar-refractivity contribution >= 4 is 12.1 Å². The molecule has 1 aliphatic rings. The summed E-state index contributed by atoms with van der Waals surface area (Å²) in [5.74, 6) is -0.561. The van der Waals surface area contributed by atoms with Crippen LogP contribution in [0.25, 0.3) is 11.1 Å². The van der Waals surface area contributed by atoms with Crippen LogP contribution in [-0.2, 0) is 4.79 Å². The highest BCUT2D eigenvalue weighted by atomic mass is 16.3. The fourth-order valence-corrected chi connectivity index (χ4v) is 3.61. The molecule has 3 atom stereocenters. The Balaban J connectivity index is 1.75. The molecule has 1 fully saturated rings. The largest absolute Gasteiger partial charge is 0.393 e. The second-order valence-electron chi connectivity index (χ2n) is 7.27. The summed E-state index contributed by atoms with van der Waals surface area (Å²) in [5, 5.41) is 9.68. The maximum atomic E-state index is 12.3. The molecule has 3 rings (SSSR count). The van der Waals surface area contributed by atoms with E-state index >= 15 is 0 Å². The van der Waals surface area contributed by atoms with Gasteiger partial charge >= 0.3 is 0 Å². The molecule has 1 saturated carbocycles. The molecule has 1 heterocycles. The van der Waals surface area contributed by atoms with Gasteiger partial charge in [-0.15, -0.1) is 0 Å². The first kappa shape index (κ1) is 19.0. The van der Waals surface area contributed by atoms with Crippen LogP contribution in [0.15, 0.2) is 41.5 Å². The van der Waals surface area contributed by atoms with E-state index in [-0.39, 0.29) is 17.7 Å². The monoisotopic (exact) mass is 360 g/mol. The average molecular weight is 360 g/mol. The van der Waals surface area contributed by atoms with E-state index in [0.717, 1.165) is 33.5 Å². The number of amides is 1. The zero-order valence-corrected chi connectivity index (χ0v) is 16.0. The van der Waals surface area contributed by atoms with Crippen molar-refractivity contribution in [2.75, 3.05) is 0 Å². The Bertz CT molecular complexity index is 901. The van der Waals surface area contributed by atoms with Crippen LogP contribution in [0.4, 0.5) is 0 Å². The lowest BCUT2D eigenvalue weighted by molar-refractivity contribution is -0.120. The Hall–Kier alpha value is -2.77. The quantitative estimate of drug-likeness (QED) is 0.662. The van der Waals surface area contributed by atoms with Crippen LogP contribution in [0.5, 0.6) is 0 Å². The lowest BCUT2D eigenvalue weighted by atomic mass is 9.93. The van der Waals surface area contributed by atoms with Crippen LogP contribution < -0.4 is 0 Å². The number of aliphatic imine (C=N–C) groups is 1. The van der Waals surface area contributed by atoms with E-state index in [0.29, 0.717) is 12.8 Å². The molecule has 1 unspecified atom stereocenters. The second-order valence-corrected chi connectivity index (χ2v) is 7.27. The van der Waals surface area contributed by atoms with Gasteiger partial charge in [-0.2, -0.15) is 0 Å². The fourth-order valence-electron chi connectivity index (χ4n) is 3.61. The highest BCUT2D eigenvalue weighted by Gasteiger charge is 2.31. The highest BCUT2D eigenvalue weighted by Crippen LogP contribution is 2.31. The van der Waals surface area contributed by atoms with Gasteiger partial charge in [-0.3, -0.25) is 9.78 Å². The Morgan fingerprint density at radius 1 is 1.44 bits per heavy atom. The summed E-state index contributed by atoms with van der Waals surface area (Å²) in [5.41, 5.74) is 5.93. The Morgan fingerprint density at radius 3 is 2.85 bits per heavy atom. The first-order chi connectivity index (χ1) is 12.9. The predicted octanol–water partition coefficient (Wildman–Crippen LogP) is 3.99. The number of hydrogen-bond acceptors (Lipinski definition) is 3. The summed E-state index contributed by atoms with van der Waals surface area (Å²) in [4.78, 5) is 20.7. The predicted molar refractivity (Wildman–Crippen MR) is 107 cm³/mol. The maximum Gasteiger partial charge on any atom is 0.252 e. The van der Waals surface area contributed by atoms with Crippen molar-refractivity contribution in [1.29, 1.82) is 0 Å². The summed E-state index contributed by atoms with van der Waals surface area (Å²) in [6.45, 7) is 9.91. The Labute approximate surface area is 160 Å². The standard InChI is InChI=1S/C23H24N2O2/c1-14-10-18(21-6-5-9-24-17(21)4)7-8-20(14)16(3)13-25-23(27)22-12-19(26)11-15(22)2/h7-10,13,16,19,22,26H,2,11-12H2,1,3-4H3/b25-13+/t16-,19+,22?/m1/s1. The van der Waals surface area contributed by atoms with Gasteiger partial charge in [-0.25, -0.2) is 4.99 Å². The van der Waals surface area contributed by atoms with Crippen molar-refractivity contribution in [1.82, 2.24) is 4.98 Å². The van der Waals surface area contributed by atoms with Crippen molar-refractivity contribution in [2.24, 2.45) is 10.9 Å². The third-order valence-electron chi connectivity index (χ3n) is 5.15. The van der Waals surface area contributed by atoms with Gasteiger partial charge in [-0.05, 0) is 49.4 Å². The number of aryl methyl sites for hydroxylation is 2. The number of hydrogen-bond donors (Lipinski definition) is 1.